The van der Waals surface area contributed by atoms with E-state index in [-0.39, 0.29) is 17.2 Å². The predicted molar refractivity (Wildman–Crippen MR) is 69.1 cm³/mol. The highest BCUT2D eigenvalue weighted by Gasteiger charge is 2.15. The molecule has 1 aromatic rings. The number of nitrogens with zero attached hydrogens (tertiary/aromatic N) is 1. The third-order valence-electron chi connectivity index (χ3n) is 1.99. The fourth-order valence-electron chi connectivity index (χ4n) is 1.13. The second-order valence-corrected chi connectivity index (χ2v) is 4.91. The lowest BCUT2D eigenvalue weighted by molar-refractivity contribution is -0.385. The number of nitro groups is 1. The topological polar surface area (TPSA) is 81.5 Å². The highest BCUT2D eigenvalue weighted by Crippen LogP contribution is 2.25. The zero-order valence-corrected chi connectivity index (χ0v) is 11.6. The van der Waals surface area contributed by atoms with Crippen LogP contribution in [0.4, 0.5) is 5.69 Å². The van der Waals surface area contributed by atoms with Gasteiger partial charge in [0.2, 0.25) is 0 Å². The number of hydrogen-bond donors (Lipinski definition) is 1. The molecular formula is C11H13BrN2O4. The summed E-state index contributed by atoms with van der Waals surface area (Å²) in [6, 6.07) is 4.12. The van der Waals surface area contributed by atoms with E-state index >= 15 is 0 Å². The van der Waals surface area contributed by atoms with Gasteiger partial charge in [-0.3, -0.25) is 19.7 Å². The van der Waals surface area contributed by atoms with E-state index in [1.54, 1.807) is 0 Å². The molecule has 0 bridgehead atoms. The van der Waals surface area contributed by atoms with Gasteiger partial charge in [0.1, 0.15) is 0 Å². The highest BCUT2D eigenvalue weighted by atomic mass is 79.9. The van der Waals surface area contributed by atoms with Crippen LogP contribution in [0.3, 0.4) is 0 Å². The lowest BCUT2D eigenvalue weighted by atomic mass is 10.2. The molecule has 1 N–H and O–H groups in total. The van der Waals surface area contributed by atoms with Crippen molar-refractivity contribution in [2.45, 2.75) is 13.8 Å². The molecule has 0 saturated carbocycles. The Hall–Kier alpha value is -1.47. The SMILES string of the molecule is CC(C)CONC(=O)c1ccc(Br)c([N+](=O)[O-])c1. The number of halogens is 1. The minimum atomic E-state index is -0.560. The summed E-state index contributed by atoms with van der Waals surface area (Å²) >= 11 is 3.05. The Balaban J connectivity index is 2.74. The van der Waals surface area contributed by atoms with E-state index in [1.807, 2.05) is 13.8 Å². The highest BCUT2D eigenvalue weighted by molar-refractivity contribution is 9.10. The monoisotopic (exact) mass is 316 g/mol. The minimum absolute atomic E-state index is 0.161. The molecule has 0 aliphatic heterocycles. The van der Waals surface area contributed by atoms with Gasteiger partial charge in [-0.15, -0.1) is 0 Å². The second kappa shape index (κ2) is 6.46. The standard InChI is InChI=1S/C11H13BrN2O4/c1-7(2)6-18-13-11(15)8-3-4-9(12)10(5-8)14(16)17/h3-5,7H,6H2,1-2H3,(H,13,15). The maximum absolute atomic E-state index is 11.6. The van der Waals surface area contributed by atoms with Gasteiger partial charge >= 0.3 is 0 Å². The average Bonchev–Trinajstić information content (AvgIpc) is 2.28. The van der Waals surface area contributed by atoms with Crippen molar-refractivity contribution in [3.63, 3.8) is 0 Å². The van der Waals surface area contributed by atoms with Crippen LogP contribution < -0.4 is 5.48 Å². The molecule has 0 aliphatic rings. The number of rotatable bonds is 5. The van der Waals surface area contributed by atoms with E-state index in [0.717, 1.165) is 0 Å². The molecule has 6 nitrogen and oxygen atoms in total. The summed E-state index contributed by atoms with van der Waals surface area (Å²) in [5, 5.41) is 10.7. The van der Waals surface area contributed by atoms with Crippen molar-refractivity contribution in [1.29, 1.82) is 0 Å². The van der Waals surface area contributed by atoms with E-state index in [9.17, 15) is 14.9 Å². The van der Waals surface area contributed by atoms with Crippen molar-refractivity contribution in [3.8, 4) is 0 Å². The molecule has 0 saturated heterocycles. The van der Waals surface area contributed by atoms with Gasteiger partial charge in [0.25, 0.3) is 11.6 Å². The second-order valence-electron chi connectivity index (χ2n) is 4.06. The Kier molecular flexibility index (Phi) is 5.24. The average molecular weight is 317 g/mol. The van der Waals surface area contributed by atoms with Crippen LogP contribution in [0.2, 0.25) is 0 Å². The third-order valence-corrected chi connectivity index (χ3v) is 2.66. The van der Waals surface area contributed by atoms with Gasteiger partial charge in [0.05, 0.1) is 16.0 Å². The first-order valence-electron chi connectivity index (χ1n) is 5.28. The maximum Gasteiger partial charge on any atom is 0.284 e. The van der Waals surface area contributed by atoms with Crippen molar-refractivity contribution in [2.75, 3.05) is 6.61 Å². The predicted octanol–water partition coefficient (Wildman–Crippen LogP) is 2.67. The Morgan fingerprint density at radius 1 is 1.56 bits per heavy atom. The molecule has 0 fully saturated rings. The van der Waals surface area contributed by atoms with Gasteiger partial charge in [-0.05, 0) is 34.0 Å². The summed E-state index contributed by atoms with van der Waals surface area (Å²) in [5.74, 6) is -0.226. The lowest BCUT2D eigenvalue weighted by Crippen LogP contribution is -2.25. The van der Waals surface area contributed by atoms with Crippen LogP contribution >= 0.6 is 15.9 Å². The van der Waals surface area contributed by atoms with Crippen LogP contribution in [0.5, 0.6) is 0 Å². The zero-order valence-electron chi connectivity index (χ0n) is 9.97. The van der Waals surface area contributed by atoms with Crippen LogP contribution in [0, 0.1) is 16.0 Å². The van der Waals surface area contributed by atoms with E-state index < -0.39 is 10.8 Å². The van der Waals surface area contributed by atoms with Gasteiger partial charge < -0.3 is 0 Å². The molecule has 0 heterocycles. The molecule has 0 unspecified atom stereocenters. The third kappa shape index (κ3) is 4.08. The molecule has 1 rings (SSSR count). The van der Waals surface area contributed by atoms with E-state index in [0.29, 0.717) is 11.1 Å². The number of benzene rings is 1. The van der Waals surface area contributed by atoms with Crippen LogP contribution in [0.1, 0.15) is 24.2 Å². The minimum Gasteiger partial charge on any atom is -0.273 e. The number of nitro benzene ring substituents is 1. The van der Waals surface area contributed by atoms with Crippen LogP contribution in [-0.2, 0) is 4.84 Å². The van der Waals surface area contributed by atoms with E-state index in [1.165, 1.54) is 18.2 Å². The fraction of sp³-hybridized carbons (Fsp3) is 0.364. The van der Waals surface area contributed by atoms with Crippen molar-refractivity contribution in [3.05, 3.63) is 38.3 Å². The summed E-state index contributed by atoms with van der Waals surface area (Å²) in [5.41, 5.74) is 2.25. The summed E-state index contributed by atoms with van der Waals surface area (Å²) in [6.45, 7) is 4.26. The lowest BCUT2D eigenvalue weighted by Gasteiger charge is -2.07. The Bertz CT molecular complexity index is 462. The number of hydrogen-bond acceptors (Lipinski definition) is 4. The number of carbonyl (C=O) groups excluding carboxylic acids is 1. The van der Waals surface area contributed by atoms with Crippen LogP contribution in [0.15, 0.2) is 22.7 Å². The molecule has 0 spiro atoms. The summed E-state index contributed by atoms with van der Waals surface area (Å²) in [7, 11) is 0. The number of hydroxylamine groups is 1. The zero-order chi connectivity index (χ0) is 13.7. The van der Waals surface area contributed by atoms with Gasteiger partial charge in [-0.1, -0.05) is 13.8 Å². The number of nitrogens with one attached hydrogen (secondary N) is 1. The molecule has 1 amide bonds. The first-order valence-corrected chi connectivity index (χ1v) is 6.07. The van der Waals surface area contributed by atoms with Crippen LogP contribution in [0.25, 0.3) is 0 Å². The molecule has 1 aromatic carbocycles. The smallest absolute Gasteiger partial charge is 0.273 e. The van der Waals surface area contributed by atoms with Gasteiger partial charge in [0.15, 0.2) is 0 Å². The fourth-order valence-corrected chi connectivity index (χ4v) is 1.52. The number of amides is 1. The normalized spacial score (nSPS) is 10.4. The Morgan fingerprint density at radius 2 is 2.22 bits per heavy atom. The summed E-state index contributed by atoms with van der Waals surface area (Å²) < 4.78 is 0.326. The van der Waals surface area contributed by atoms with Crippen LogP contribution in [-0.4, -0.2) is 17.4 Å². The summed E-state index contributed by atoms with van der Waals surface area (Å²) in [6.07, 6.45) is 0. The van der Waals surface area contributed by atoms with Gasteiger partial charge in [0, 0.05) is 11.6 Å². The molecule has 0 atom stereocenters. The maximum atomic E-state index is 11.6. The van der Waals surface area contributed by atoms with Crippen molar-refractivity contribution >= 4 is 27.5 Å². The summed E-state index contributed by atoms with van der Waals surface area (Å²) in [4.78, 5) is 26.8. The first kappa shape index (κ1) is 14.6. The van der Waals surface area contributed by atoms with Gasteiger partial charge in [-0.25, -0.2) is 5.48 Å². The molecule has 18 heavy (non-hydrogen) atoms. The molecule has 0 aromatic heterocycles. The molecule has 7 heteroatoms. The van der Waals surface area contributed by atoms with E-state index in [4.69, 9.17) is 4.84 Å². The Morgan fingerprint density at radius 3 is 2.78 bits per heavy atom. The largest absolute Gasteiger partial charge is 0.284 e. The first-order chi connectivity index (χ1) is 8.41. The Labute approximate surface area is 113 Å². The van der Waals surface area contributed by atoms with Crippen molar-refractivity contribution < 1.29 is 14.6 Å². The quantitative estimate of drug-likeness (QED) is 0.668. The van der Waals surface area contributed by atoms with Crippen molar-refractivity contribution in [1.82, 2.24) is 5.48 Å². The molecule has 98 valence electrons. The molecule has 0 aliphatic carbocycles. The molecular weight excluding hydrogens is 304 g/mol. The van der Waals surface area contributed by atoms with Crippen molar-refractivity contribution in [2.24, 2.45) is 5.92 Å². The number of carbonyl (C=O) groups is 1. The van der Waals surface area contributed by atoms with E-state index in [2.05, 4.69) is 21.4 Å². The molecule has 0 radical (unpaired) electrons. The van der Waals surface area contributed by atoms with Gasteiger partial charge in [-0.2, -0.15) is 0 Å².